The van der Waals surface area contributed by atoms with Gasteiger partial charge in [0.1, 0.15) is 0 Å². The third-order valence-electron chi connectivity index (χ3n) is 9.12. The predicted molar refractivity (Wildman–Crippen MR) is 184 cm³/mol. The van der Waals surface area contributed by atoms with Crippen molar-refractivity contribution in [1.82, 2.24) is 15.5 Å². The van der Waals surface area contributed by atoms with Gasteiger partial charge in [0.25, 0.3) is 0 Å². The predicted octanol–water partition coefficient (Wildman–Crippen LogP) is 6.51. The summed E-state index contributed by atoms with van der Waals surface area (Å²) in [4.78, 5) is 14.0. The Balaban J connectivity index is 1.35. The van der Waals surface area contributed by atoms with Crippen molar-refractivity contribution in [2.24, 2.45) is 5.92 Å². The maximum atomic E-state index is 11.9. The number of carbonyl (C=O) groups excluding carboxylic acids is 1. The molecule has 4 aromatic carbocycles. The molecule has 0 saturated carbocycles. The molecule has 47 heavy (non-hydrogen) atoms. The summed E-state index contributed by atoms with van der Waals surface area (Å²) < 4.78 is 13.4. The van der Waals surface area contributed by atoms with Crippen molar-refractivity contribution in [2.45, 2.75) is 64.6 Å². The molecule has 1 aliphatic heterocycles. The van der Waals surface area contributed by atoms with Crippen molar-refractivity contribution in [1.29, 1.82) is 0 Å². The molecule has 8 nitrogen and oxygen atoms in total. The number of aliphatic hydroxyl groups is 2. The number of nitrogens with one attached hydrogen (secondary N) is 2. The molecule has 0 unspecified atom stereocenters. The SMILES string of the molecule is CCNC(=O)NCc1cccc(-c2ccc([C@@H]3O[C@H](CN(C)[C@H](C)[C@@H](O)c4ccccc4)[C@H](C)[C@H](c4ccc(CO)cc4)O3)cc2)c1. The number of carbonyl (C=O) groups is 1. The van der Waals surface area contributed by atoms with Gasteiger partial charge in [0.15, 0.2) is 6.29 Å². The van der Waals surface area contributed by atoms with Gasteiger partial charge in [-0.15, -0.1) is 0 Å². The summed E-state index contributed by atoms with van der Waals surface area (Å²) in [6.07, 6.45) is -1.64. The Bertz CT molecular complexity index is 1560. The summed E-state index contributed by atoms with van der Waals surface area (Å²) >= 11 is 0. The van der Waals surface area contributed by atoms with Crippen LogP contribution in [0, 0.1) is 5.92 Å². The first kappa shape index (κ1) is 34.3. The summed E-state index contributed by atoms with van der Waals surface area (Å²) in [5.74, 6) is 0.0183. The fourth-order valence-corrected chi connectivity index (χ4v) is 6.05. The van der Waals surface area contributed by atoms with Crippen LogP contribution in [0.4, 0.5) is 4.79 Å². The van der Waals surface area contributed by atoms with Gasteiger partial charge < -0.3 is 30.3 Å². The molecule has 248 valence electrons. The van der Waals surface area contributed by atoms with E-state index in [1.165, 1.54) is 0 Å². The van der Waals surface area contributed by atoms with E-state index in [1.54, 1.807) is 0 Å². The van der Waals surface area contributed by atoms with Crippen LogP contribution in [-0.4, -0.2) is 53.4 Å². The van der Waals surface area contributed by atoms with Crippen molar-refractivity contribution < 1.29 is 24.5 Å². The molecular formula is C39H47N3O5. The number of aliphatic hydroxyl groups excluding tert-OH is 2. The average molecular weight is 638 g/mol. The highest BCUT2D eigenvalue weighted by Gasteiger charge is 2.39. The number of likely N-dealkylation sites (N-methyl/N-ethyl adjacent to an activating group) is 1. The van der Waals surface area contributed by atoms with Gasteiger partial charge in [0.2, 0.25) is 0 Å². The molecule has 0 radical (unpaired) electrons. The van der Waals surface area contributed by atoms with Gasteiger partial charge in [-0.05, 0) is 60.3 Å². The van der Waals surface area contributed by atoms with Crippen LogP contribution < -0.4 is 10.6 Å². The van der Waals surface area contributed by atoms with Crippen LogP contribution in [0.3, 0.4) is 0 Å². The van der Waals surface area contributed by atoms with Gasteiger partial charge in [0, 0.05) is 37.2 Å². The number of nitrogens with zero attached hydrogens (tertiary/aromatic N) is 1. The van der Waals surface area contributed by atoms with Crippen molar-refractivity contribution in [3.05, 3.63) is 131 Å². The summed E-state index contributed by atoms with van der Waals surface area (Å²) in [5, 5.41) is 26.4. The Kier molecular flexibility index (Phi) is 11.8. The molecule has 1 heterocycles. The fourth-order valence-electron chi connectivity index (χ4n) is 6.05. The number of amides is 2. The number of ether oxygens (including phenoxy) is 2. The van der Waals surface area contributed by atoms with Crippen LogP contribution >= 0.6 is 0 Å². The normalized spacial score (nSPS) is 20.8. The van der Waals surface area contributed by atoms with Crippen molar-refractivity contribution in [2.75, 3.05) is 20.1 Å². The van der Waals surface area contributed by atoms with E-state index in [4.69, 9.17) is 9.47 Å². The average Bonchev–Trinajstić information content (AvgIpc) is 3.11. The highest BCUT2D eigenvalue weighted by molar-refractivity contribution is 5.73. The molecule has 4 N–H and O–H groups in total. The number of urea groups is 1. The van der Waals surface area contributed by atoms with Crippen LogP contribution in [0.1, 0.15) is 67.1 Å². The Morgan fingerprint density at radius 1 is 0.851 bits per heavy atom. The van der Waals surface area contributed by atoms with Crippen molar-refractivity contribution >= 4 is 6.03 Å². The molecule has 0 aromatic heterocycles. The number of benzene rings is 4. The molecular weight excluding hydrogens is 590 g/mol. The summed E-state index contributed by atoms with van der Waals surface area (Å²) in [6.45, 7) is 7.69. The lowest BCUT2D eigenvalue weighted by molar-refractivity contribution is -0.276. The Hall–Kier alpha value is -4.05. The molecule has 1 fully saturated rings. The lowest BCUT2D eigenvalue weighted by atomic mass is 9.89. The molecule has 5 rings (SSSR count). The standard InChI is InChI=1S/C39H47N3O5/c1-5-40-39(45)41-23-29-10-9-13-34(22-29)30-18-20-33(21-19-30)38-46-35(24-42(4)27(3)36(44)31-11-7-6-8-12-31)26(2)37(47-38)32-16-14-28(25-43)15-17-32/h6-22,26-27,35-38,43-44H,5,23-25H2,1-4H3,(H2,40,41,45)/t26-,27+,35+,36+,37+,38+/m0/s1. The van der Waals surface area contributed by atoms with E-state index in [0.29, 0.717) is 19.6 Å². The summed E-state index contributed by atoms with van der Waals surface area (Å²) in [7, 11) is 2.02. The third-order valence-corrected chi connectivity index (χ3v) is 9.12. The fraction of sp³-hybridized carbons (Fsp3) is 0.359. The lowest BCUT2D eigenvalue weighted by Crippen LogP contribution is -2.46. The van der Waals surface area contributed by atoms with Gasteiger partial charge in [0.05, 0.1) is 24.9 Å². The molecule has 2 amide bonds. The Morgan fingerprint density at radius 3 is 2.23 bits per heavy atom. The third kappa shape index (κ3) is 8.66. The minimum absolute atomic E-state index is 0.0118. The first-order valence-corrected chi connectivity index (χ1v) is 16.4. The zero-order valence-corrected chi connectivity index (χ0v) is 27.7. The topological polar surface area (TPSA) is 103 Å². The highest BCUT2D eigenvalue weighted by Crippen LogP contribution is 2.42. The number of hydrogen-bond acceptors (Lipinski definition) is 6. The second-order valence-electron chi connectivity index (χ2n) is 12.4. The highest BCUT2D eigenvalue weighted by atomic mass is 16.7. The molecule has 4 aromatic rings. The largest absolute Gasteiger partial charge is 0.392 e. The second kappa shape index (κ2) is 16.2. The molecule has 6 atom stereocenters. The first-order valence-electron chi connectivity index (χ1n) is 16.4. The zero-order chi connectivity index (χ0) is 33.3. The van der Waals surface area contributed by atoms with E-state index in [2.05, 4.69) is 46.7 Å². The smallest absolute Gasteiger partial charge is 0.315 e. The van der Waals surface area contributed by atoms with E-state index in [-0.39, 0.29) is 36.8 Å². The first-order chi connectivity index (χ1) is 22.8. The van der Waals surface area contributed by atoms with E-state index < -0.39 is 12.4 Å². The van der Waals surface area contributed by atoms with Crippen LogP contribution in [0.5, 0.6) is 0 Å². The zero-order valence-electron chi connectivity index (χ0n) is 27.7. The second-order valence-corrected chi connectivity index (χ2v) is 12.4. The van der Waals surface area contributed by atoms with E-state index in [0.717, 1.165) is 38.9 Å². The molecule has 1 aliphatic rings. The van der Waals surface area contributed by atoms with E-state index in [9.17, 15) is 15.0 Å². The molecule has 0 spiro atoms. The number of hydrogen-bond donors (Lipinski definition) is 4. The minimum atomic E-state index is -0.635. The van der Waals surface area contributed by atoms with Gasteiger partial charge >= 0.3 is 6.03 Å². The molecule has 1 saturated heterocycles. The van der Waals surface area contributed by atoms with Gasteiger partial charge in [-0.2, -0.15) is 0 Å². The van der Waals surface area contributed by atoms with Crippen LogP contribution in [-0.2, 0) is 22.6 Å². The maximum Gasteiger partial charge on any atom is 0.315 e. The van der Waals surface area contributed by atoms with E-state index in [1.807, 2.05) is 99.8 Å². The maximum absolute atomic E-state index is 11.9. The molecule has 8 heteroatoms. The monoisotopic (exact) mass is 637 g/mol. The Morgan fingerprint density at radius 2 is 1.55 bits per heavy atom. The van der Waals surface area contributed by atoms with Crippen molar-refractivity contribution in [3.63, 3.8) is 0 Å². The van der Waals surface area contributed by atoms with Crippen molar-refractivity contribution in [3.8, 4) is 11.1 Å². The minimum Gasteiger partial charge on any atom is -0.392 e. The molecule has 0 bridgehead atoms. The van der Waals surface area contributed by atoms with Gasteiger partial charge in [-0.1, -0.05) is 104 Å². The summed E-state index contributed by atoms with van der Waals surface area (Å²) in [5.41, 5.74) is 6.80. The quantitative estimate of drug-likeness (QED) is 0.141. The van der Waals surface area contributed by atoms with Crippen LogP contribution in [0.25, 0.3) is 11.1 Å². The van der Waals surface area contributed by atoms with E-state index >= 15 is 0 Å². The van der Waals surface area contributed by atoms with Crippen LogP contribution in [0.15, 0.2) is 103 Å². The number of rotatable bonds is 12. The van der Waals surface area contributed by atoms with Gasteiger partial charge in [-0.3, -0.25) is 4.90 Å². The Labute approximate surface area is 278 Å². The summed E-state index contributed by atoms with van der Waals surface area (Å²) in [6, 6.07) is 33.7. The van der Waals surface area contributed by atoms with Crippen LogP contribution in [0.2, 0.25) is 0 Å². The lowest BCUT2D eigenvalue weighted by Gasteiger charge is -2.43. The molecule has 0 aliphatic carbocycles. The van der Waals surface area contributed by atoms with Gasteiger partial charge in [-0.25, -0.2) is 4.79 Å².